The second-order valence-corrected chi connectivity index (χ2v) is 5.45. The third-order valence-corrected chi connectivity index (χ3v) is 3.83. The van der Waals surface area contributed by atoms with Crippen molar-refractivity contribution in [3.05, 3.63) is 35.4 Å². The molecule has 4 heteroatoms. The average molecular weight is 275 g/mol. The number of amides is 1. The van der Waals surface area contributed by atoms with Gasteiger partial charge in [-0.25, -0.2) is 0 Å². The van der Waals surface area contributed by atoms with Crippen LogP contribution < -0.4 is 5.32 Å². The molecule has 1 amide bonds. The van der Waals surface area contributed by atoms with Crippen molar-refractivity contribution in [1.29, 1.82) is 0 Å². The number of rotatable bonds is 7. The van der Waals surface area contributed by atoms with Gasteiger partial charge in [-0.15, -0.1) is 0 Å². The number of hydrogen-bond acceptors (Lipinski definition) is 2. The number of aliphatic carboxylic acids is 1. The Morgan fingerprint density at radius 1 is 1.30 bits per heavy atom. The van der Waals surface area contributed by atoms with Gasteiger partial charge in [0.25, 0.3) is 0 Å². The molecule has 1 aliphatic carbocycles. The van der Waals surface area contributed by atoms with Crippen LogP contribution in [0.15, 0.2) is 24.3 Å². The van der Waals surface area contributed by atoms with E-state index >= 15 is 0 Å². The van der Waals surface area contributed by atoms with Gasteiger partial charge in [-0.1, -0.05) is 24.3 Å². The van der Waals surface area contributed by atoms with Gasteiger partial charge in [-0.2, -0.15) is 0 Å². The lowest BCUT2D eigenvalue weighted by Gasteiger charge is -2.06. The van der Waals surface area contributed by atoms with Crippen molar-refractivity contribution in [2.24, 2.45) is 5.92 Å². The van der Waals surface area contributed by atoms with Crippen molar-refractivity contribution >= 4 is 11.9 Å². The number of benzene rings is 1. The minimum absolute atomic E-state index is 0.0931. The summed E-state index contributed by atoms with van der Waals surface area (Å²) in [6.07, 6.45) is 2.43. The molecule has 20 heavy (non-hydrogen) atoms. The zero-order chi connectivity index (χ0) is 14.5. The number of aryl methyl sites for hydroxylation is 1. The standard InChI is InChI=1S/C16H21NO3/c1-11-6-2-3-7-12(11)13-10-14(13)16(20)17-9-5-4-8-15(18)19/h2-3,6-7,13-14H,4-5,8-10H2,1H3,(H,17,20)(H,18,19)/t13-,14-/m0/s1. The van der Waals surface area contributed by atoms with Crippen molar-refractivity contribution in [2.75, 3.05) is 6.54 Å². The molecule has 0 heterocycles. The Morgan fingerprint density at radius 2 is 2.05 bits per heavy atom. The second kappa shape index (κ2) is 6.55. The van der Waals surface area contributed by atoms with E-state index in [1.54, 1.807) is 0 Å². The molecule has 1 aromatic carbocycles. The molecule has 4 nitrogen and oxygen atoms in total. The van der Waals surface area contributed by atoms with Crippen molar-refractivity contribution in [3.63, 3.8) is 0 Å². The van der Waals surface area contributed by atoms with E-state index in [0.717, 1.165) is 12.8 Å². The summed E-state index contributed by atoms with van der Waals surface area (Å²) in [7, 11) is 0. The molecule has 1 fully saturated rings. The summed E-state index contributed by atoms with van der Waals surface area (Å²) in [6.45, 7) is 2.65. The summed E-state index contributed by atoms with van der Waals surface area (Å²) in [6, 6.07) is 8.20. The number of nitrogens with one attached hydrogen (secondary N) is 1. The molecule has 0 radical (unpaired) electrons. The first-order valence-corrected chi connectivity index (χ1v) is 7.14. The molecule has 1 aromatic rings. The number of carbonyl (C=O) groups is 2. The normalized spacial score (nSPS) is 20.4. The summed E-state index contributed by atoms with van der Waals surface area (Å²) in [5.74, 6) is -0.225. The van der Waals surface area contributed by atoms with Crippen LogP contribution in [0, 0.1) is 12.8 Å². The lowest BCUT2D eigenvalue weighted by atomic mass is 10.0. The Morgan fingerprint density at radius 3 is 2.75 bits per heavy atom. The lowest BCUT2D eigenvalue weighted by molar-refractivity contribution is -0.137. The highest BCUT2D eigenvalue weighted by Gasteiger charge is 2.44. The van der Waals surface area contributed by atoms with Gasteiger partial charge in [0.15, 0.2) is 0 Å². The number of carboxylic acids is 1. The smallest absolute Gasteiger partial charge is 0.303 e. The van der Waals surface area contributed by atoms with E-state index < -0.39 is 5.97 Å². The minimum atomic E-state index is -0.780. The molecular formula is C16H21NO3. The number of carbonyl (C=O) groups excluding carboxylic acids is 1. The maximum Gasteiger partial charge on any atom is 0.303 e. The summed E-state index contributed by atoms with van der Waals surface area (Å²) in [5, 5.41) is 11.4. The van der Waals surface area contributed by atoms with Crippen LogP contribution in [0.5, 0.6) is 0 Å². The van der Waals surface area contributed by atoms with Crippen LogP contribution in [0.4, 0.5) is 0 Å². The van der Waals surface area contributed by atoms with Crippen molar-refractivity contribution < 1.29 is 14.7 Å². The molecular weight excluding hydrogens is 254 g/mol. The highest BCUT2D eigenvalue weighted by atomic mass is 16.4. The summed E-state index contributed by atoms with van der Waals surface area (Å²) in [4.78, 5) is 22.3. The van der Waals surface area contributed by atoms with E-state index in [9.17, 15) is 9.59 Å². The van der Waals surface area contributed by atoms with Gasteiger partial charge < -0.3 is 10.4 Å². The largest absolute Gasteiger partial charge is 0.481 e. The lowest BCUT2D eigenvalue weighted by Crippen LogP contribution is -2.26. The molecule has 2 N–H and O–H groups in total. The van der Waals surface area contributed by atoms with Crippen molar-refractivity contribution in [3.8, 4) is 0 Å². The van der Waals surface area contributed by atoms with E-state index in [1.165, 1.54) is 11.1 Å². The van der Waals surface area contributed by atoms with Crippen LogP contribution in [0.2, 0.25) is 0 Å². The first-order chi connectivity index (χ1) is 9.59. The maximum atomic E-state index is 12.0. The molecule has 2 atom stereocenters. The highest BCUT2D eigenvalue weighted by molar-refractivity contribution is 5.83. The van der Waals surface area contributed by atoms with Gasteiger partial charge in [-0.3, -0.25) is 9.59 Å². The van der Waals surface area contributed by atoms with Crippen molar-refractivity contribution in [2.45, 2.75) is 38.5 Å². The number of hydrogen-bond donors (Lipinski definition) is 2. The predicted octanol–water partition coefficient (Wildman–Crippen LogP) is 2.47. The topological polar surface area (TPSA) is 66.4 Å². The van der Waals surface area contributed by atoms with Crippen LogP contribution in [0.25, 0.3) is 0 Å². The number of unbranched alkanes of at least 4 members (excludes halogenated alkanes) is 1. The van der Waals surface area contributed by atoms with E-state index in [2.05, 4.69) is 24.4 Å². The average Bonchev–Trinajstić information content (AvgIpc) is 3.18. The van der Waals surface area contributed by atoms with Gasteiger partial charge in [0.05, 0.1) is 0 Å². The first-order valence-electron chi connectivity index (χ1n) is 7.14. The fourth-order valence-corrected chi connectivity index (χ4v) is 2.58. The predicted molar refractivity (Wildman–Crippen MR) is 76.5 cm³/mol. The van der Waals surface area contributed by atoms with Gasteiger partial charge in [-0.05, 0) is 43.2 Å². The van der Waals surface area contributed by atoms with Crippen LogP contribution in [-0.4, -0.2) is 23.5 Å². The Balaban J connectivity index is 1.71. The van der Waals surface area contributed by atoms with Crippen LogP contribution in [0.3, 0.4) is 0 Å². The maximum absolute atomic E-state index is 12.0. The molecule has 0 aromatic heterocycles. The van der Waals surface area contributed by atoms with E-state index in [0.29, 0.717) is 18.9 Å². The third-order valence-electron chi connectivity index (χ3n) is 3.83. The van der Waals surface area contributed by atoms with Gasteiger partial charge in [0.1, 0.15) is 0 Å². The highest BCUT2D eigenvalue weighted by Crippen LogP contribution is 2.48. The van der Waals surface area contributed by atoms with E-state index in [-0.39, 0.29) is 18.2 Å². The fraction of sp³-hybridized carbons (Fsp3) is 0.500. The van der Waals surface area contributed by atoms with Gasteiger partial charge in [0, 0.05) is 18.9 Å². The molecule has 0 bridgehead atoms. The quantitative estimate of drug-likeness (QED) is 0.751. The zero-order valence-electron chi connectivity index (χ0n) is 11.8. The van der Waals surface area contributed by atoms with Crippen LogP contribution >= 0.6 is 0 Å². The Kier molecular flexibility index (Phi) is 4.77. The second-order valence-electron chi connectivity index (χ2n) is 5.45. The molecule has 1 saturated carbocycles. The monoisotopic (exact) mass is 275 g/mol. The third kappa shape index (κ3) is 3.83. The van der Waals surface area contributed by atoms with Crippen molar-refractivity contribution in [1.82, 2.24) is 5.32 Å². The Labute approximate surface area is 119 Å². The van der Waals surface area contributed by atoms with Crippen LogP contribution in [0.1, 0.15) is 42.7 Å². The Bertz CT molecular complexity index is 498. The van der Waals surface area contributed by atoms with Crippen LogP contribution in [-0.2, 0) is 9.59 Å². The number of carboxylic acid groups (broad SMARTS) is 1. The Hall–Kier alpha value is -1.84. The van der Waals surface area contributed by atoms with Gasteiger partial charge in [0.2, 0.25) is 5.91 Å². The fourth-order valence-electron chi connectivity index (χ4n) is 2.58. The molecule has 0 unspecified atom stereocenters. The summed E-state index contributed by atoms with van der Waals surface area (Å²) >= 11 is 0. The summed E-state index contributed by atoms with van der Waals surface area (Å²) in [5.41, 5.74) is 2.52. The molecule has 1 aliphatic rings. The molecule has 0 spiro atoms. The van der Waals surface area contributed by atoms with E-state index in [4.69, 9.17) is 5.11 Å². The van der Waals surface area contributed by atoms with E-state index in [1.807, 2.05) is 12.1 Å². The first kappa shape index (κ1) is 14.6. The SMILES string of the molecule is Cc1ccccc1[C@@H]1C[C@@H]1C(=O)NCCCCC(=O)O. The summed E-state index contributed by atoms with van der Waals surface area (Å²) < 4.78 is 0. The molecule has 0 aliphatic heterocycles. The molecule has 108 valence electrons. The minimum Gasteiger partial charge on any atom is -0.481 e. The molecule has 0 saturated heterocycles. The zero-order valence-corrected chi connectivity index (χ0v) is 11.8. The molecule has 2 rings (SSSR count). The van der Waals surface area contributed by atoms with Gasteiger partial charge >= 0.3 is 5.97 Å².